The van der Waals surface area contributed by atoms with Gasteiger partial charge in [0, 0.05) is 12.6 Å². The second kappa shape index (κ2) is 3.44. The maximum atomic E-state index is 10.8. The Morgan fingerprint density at radius 2 is 2.30 bits per heavy atom. The van der Waals surface area contributed by atoms with Gasteiger partial charge in [-0.25, -0.2) is 4.79 Å². The molecule has 0 aromatic rings. The highest BCUT2D eigenvalue weighted by molar-refractivity contribution is 5.74. The van der Waals surface area contributed by atoms with Gasteiger partial charge in [0.2, 0.25) is 0 Å². The molecule has 3 heteroatoms. The van der Waals surface area contributed by atoms with E-state index in [0.29, 0.717) is 12.6 Å². The molecule has 10 heavy (non-hydrogen) atoms. The maximum Gasteiger partial charge on any atom is 0.314 e. The first-order chi connectivity index (χ1) is 4.83. The maximum absolute atomic E-state index is 10.8. The summed E-state index contributed by atoms with van der Waals surface area (Å²) in [5, 5.41) is 5.56. The molecule has 0 saturated heterocycles. The van der Waals surface area contributed by atoms with Crippen LogP contribution < -0.4 is 10.6 Å². The highest BCUT2D eigenvalue weighted by Gasteiger charge is 2.18. The lowest BCUT2D eigenvalue weighted by molar-refractivity contribution is 0.229. The molecule has 3 nitrogen and oxygen atoms in total. The summed E-state index contributed by atoms with van der Waals surface area (Å²) >= 11 is 0. The van der Waals surface area contributed by atoms with E-state index in [1.54, 1.807) is 0 Å². The van der Waals surface area contributed by atoms with E-state index in [0.717, 1.165) is 12.8 Å². The van der Waals surface area contributed by atoms with Crippen molar-refractivity contribution in [1.82, 2.24) is 10.6 Å². The Balaban J connectivity index is 2.05. The summed E-state index contributed by atoms with van der Waals surface area (Å²) in [4.78, 5) is 10.8. The first-order valence-corrected chi connectivity index (χ1v) is 3.87. The molecule has 0 unspecified atom stereocenters. The lowest BCUT2D eigenvalue weighted by atomic mass is 9.93. The Labute approximate surface area is 61.2 Å². The van der Waals surface area contributed by atoms with Crippen molar-refractivity contribution in [3.63, 3.8) is 0 Å². The molecule has 1 rings (SSSR count). The lowest BCUT2D eigenvalue weighted by Crippen LogP contribution is -2.44. The van der Waals surface area contributed by atoms with Crippen LogP contribution in [-0.2, 0) is 0 Å². The monoisotopic (exact) mass is 142 g/mol. The molecule has 0 atom stereocenters. The van der Waals surface area contributed by atoms with Crippen LogP contribution in [-0.4, -0.2) is 18.6 Å². The molecule has 0 spiro atoms. The van der Waals surface area contributed by atoms with Crippen LogP contribution in [0, 0.1) is 0 Å². The van der Waals surface area contributed by atoms with Crippen molar-refractivity contribution in [2.75, 3.05) is 6.54 Å². The zero-order valence-corrected chi connectivity index (χ0v) is 6.31. The number of carbonyl (C=O) groups excluding carboxylic acids is 1. The van der Waals surface area contributed by atoms with Gasteiger partial charge < -0.3 is 10.6 Å². The van der Waals surface area contributed by atoms with Crippen LogP contribution in [0.15, 0.2) is 0 Å². The van der Waals surface area contributed by atoms with Gasteiger partial charge in [0.05, 0.1) is 0 Å². The van der Waals surface area contributed by atoms with Gasteiger partial charge in [-0.2, -0.15) is 0 Å². The molecule has 0 radical (unpaired) electrons. The lowest BCUT2D eigenvalue weighted by Gasteiger charge is -2.26. The molecule has 1 aliphatic carbocycles. The SMILES string of the molecule is CCNC(=O)NC1CCC1. The molecule has 58 valence electrons. The van der Waals surface area contributed by atoms with Gasteiger partial charge >= 0.3 is 6.03 Å². The van der Waals surface area contributed by atoms with Crippen molar-refractivity contribution < 1.29 is 4.79 Å². The third-order valence-electron chi connectivity index (χ3n) is 1.78. The van der Waals surface area contributed by atoms with E-state index in [2.05, 4.69) is 10.6 Å². The average Bonchev–Trinajstić information content (AvgIpc) is 1.80. The van der Waals surface area contributed by atoms with Gasteiger partial charge in [-0.15, -0.1) is 0 Å². The Kier molecular flexibility index (Phi) is 2.54. The molecule has 0 aliphatic heterocycles. The standard InChI is InChI=1S/C7H14N2O/c1-2-8-7(10)9-6-4-3-5-6/h6H,2-5H2,1H3,(H2,8,9,10). The predicted octanol–water partition coefficient (Wildman–Crippen LogP) is 0.858. The summed E-state index contributed by atoms with van der Waals surface area (Å²) in [6.45, 7) is 2.62. The van der Waals surface area contributed by atoms with E-state index in [9.17, 15) is 4.79 Å². The van der Waals surface area contributed by atoms with E-state index in [1.807, 2.05) is 6.92 Å². The molecule has 0 bridgehead atoms. The number of rotatable bonds is 2. The molecule has 1 aliphatic rings. The van der Waals surface area contributed by atoms with Gasteiger partial charge in [0.25, 0.3) is 0 Å². The number of urea groups is 1. The summed E-state index contributed by atoms with van der Waals surface area (Å²) in [6.07, 6.45) is 3.56. The number of carbonyl (C=O) groups is 1. The number of amides is 2. The zero-order chi connectivity index (χ0) is 7.40. The quantitative estimate of drug-likeness (QED) is 0.590. The van der Waals surface area contributed by atoms with Crippen molar-refractivity contribution >= 4 is 6.03 Å². The number of hydrogen-bond acceptors (Lipinski definition) is 1. The Morgan fingerprint density at radius 3 is 2.70 bits per heavy atom. The van der Waals surface area contributed by atoms with Crippen LogP contribution >= 0.6 is 0 Å². The van der Waals surface area contributed by atoms with Gasteiger partial charge in [0.1, 0.15) is 0 Å². The van der Waals surface area contributed by atoms with Crippen molar-refractivity contribution in [2.45, 2.75) is 32.2 Å². The van der Waals surface area contributed by atoms with Crippen LogP contribution in [0.4, 0.5) is 4.79 Å². The van der Waals surface area contributed by atoms with Gasteiger partial charge in [-0.1, -0.05) is 0 Å². The fraction of sp³-hybridized carbons (Fsp3) is 0.857. The van der Waals surface area contributed by atoms with E-state index in [-0.39, 0.29) is 6.03 Å². The largest absolute Gasteiger partial charge is 0.338 e. The first-order valence-electron chi connectivity index (χ1n) is 3.87. The summed E-state index contributed by atoms with van der Waals surface area (Å²) in [6, 6.07) is 0.429. The highest BCUT2D eigenvalue weighted by atomic mass is 16.2. The van der Waals surface area contributed by atoms with Gasteiger partial charge in [-0.3, -0.25) is 0 Å². The molecule has 0 aromatic heterocycles. The molecule has 1 saturated carbocycles. The van der Waals surface area contributed by atoms with E-state index < -0.39 is 0 Å². The van der Waals surface area contributed by atoms with Crippen LogP contribution in [0.25, 0.3) is 0 Å². The Hall–Kier alpha value is -0.730. The average molecular weight is 142 g/mol. The topological polar surface area (TPSA) is 41.1 Å². The van der Waals surface area contributed by atoms with Crippen molar-refractivity contribution in [2.24, 2.45) is 0 Å². The number of nitrogens with one attached hydrogen (secondary N) is 2. The molecule has 0 aromatic carbocycles. The van der Waals surface area contributed by atoms with Crippen LogP contribution in [0.1, 0.15) is 26.2 Å². The predicted molar refractivity (Wildman–Crippen MR) is 39.8 cm³/mol. The smallest absolute Gasteiger partial charge is 0.314 e. The summed E-state index contributed by atoms with van der Waals surface area (Å²) < 4.78 is 0. The van der Waals surface area contributed by atoms with Crippen molar-refractivity contribution in [3.05, 3.63) is 0 Å². The van der Waals surface area contributed by atoms with Gasteiger partial charge in [-0.05, 0) is 26.2 Å². The summed E-state index contributed by atoms with van der Waals surface area (Å²) in [5.74, 6) is 0. The Bertz CT molecular complexity index is 121. The Morgan fingerprint density at radius 1 is 1.60 bits per heavy atom. The summed E-state index contributed by atoms with van der Waals surface area (Å²) in [7, 11) is 0. The van der Waals surface area contributed by atoms with Gasteiger partial charge in [0.15, 0.2) is 0 Å². The molecule has 2 N–H and O–H groups in total. The van der Waals surface area contributed by atoms with Crippen LogP contribution in [0.3, 0.4) is 0 Å². The molecule has 1 fully saturated rings. The number of hydrogen-bond donors (Lipinski definition) is 2. The molecule has 0 heterocycles. The minimum absolute atomic E-state index is 0.0211. The fourth-order valence-electron chi connectivity index (χ4n) is 0.950. The molecule has 2 amide bonds. The minimum Gasteiger partial charge on any atom is -0.338 e. The normalized spacial score (nSPS) is 17.7. The van der Waals surface area contributed by atoms with Crippen molar-refractivity contribution in [3.8, 4) is 0 Å². The fourth-order valence-corrected chi connectivity index (χ4v) is 0.950. The van der Waals surface area contributed by atoms with E-state index in [4.69, 9.17) is 0 Å². The second-order valence-electron chi connectivity index (χ2n) is 2.63. The van der Waals surface area contributed by atoms with Crippen molar-refractivity contribution in [1.29, 1.82) is 0 Å². The third kappa shape index (κ3) is 1.90. The van der Waals surface area contributed by atoms with Crippen LogP contribution in [0.2, 0.25) is 0 Å². The zero-order valence-electron chi connectivity index (χ0n) is 6.31. The molecular weight excluding hydrogens is 128 g/mol. The first kappa shape index (κ1) is 7.38. The molecular formula is C7H14N2O. The minimum atomic E-state index is -0.0211. The third-order valence-corrected chi connectivity index (χ3v) is 1.78. The second-order valence-corrected chi connectivity index (χ2v) is 2.63. The van der Waals surface area contributed by atoms with E-state index >= 15 is 0 Å². The van der Waals surface area contributed by atoms with Crippen LogP contribution in [0.5, 0.6) is 0 Å². The van der Waals surface area contributed by atoms with E-state index in [1.165, 1.54) is 6.42 Å². The summed E-state index contributed by atoms with van der Waals surface area (Å²) in [5.41, 5.74) is 0. The highest BCUT2D eigenvalue weighted by Crippen LogP contribution is 2.17.